The first-order valence-electron chi connectivity index (χ1n) is 5.74. The van der Waals surface area contributed by atoms with Gasteiger partial charge in [0.25, 0.3) is 5.91 Å². The number of guanidine groups is 1. The number of nitrogens with zero attached hydrogens (tertiary/aromatic N) is 2. The zero-order valence-corrected chi connectivity index (χ0v) is 10.0. The van der Waals surface area contributed by atoms with E-state index in [9.17, 15) is 4.79 Å². The standard InChI is InChI=1S/C12H16N4O/c1-3-5-14-12-15-10(11(17)16-12)9-7-13-6-4-8(9)2/h4,6-7,10H,3,5H2,1-2H3,(H2,14,15,16,17). The molecule has 2 N–H and O–H groups in total. The monoisotopic (exact) mass is 232 g/mol. The molecule has 0 aliphatic carbocycles. The minimum absolute atomic E-state index is 0.0732. The molecule has 0 radical (unpaired) electrons. The van der Waals surface area contributed by atoms with Gasteiger partial charge in [0.1, 0.15) is 6.04 Å². The Bertz CT molecular complexity index is 456. The summed E-state index contributed by atoms with van der Waals surface area (Å²) in [6.07, 6.45) is 4.39. The van der Waals surface area contributed by atoms with Gasteiger partial charge in [-0.15, -0.1) is 0 Å². The van der Waals surface area contributed by atoms with E-state index in [4.69, 9.17) is 0 Å². The Morgan fingerprint density at radius 3 is 3.06 bits per heavy atom. The lowest BCUT2D eigenvalue weighted by Gasteiger charge is -2.10. The van der Waals surface area contributed by atoms with Gasteiger partial charge in [0.15, 0.2) is 5.96 Å². The van der Waals surface area contributed by atoms with Crippen molar-refractivity contribution in [1.29, 1.82) is 0 Å². The zero-order valence-electron chi connectivity index (χ0n) is 10.0. The van der Waals surface area contributed by atoms with Crippen molar-refractivity contribution in [2.24, 2.45) is 4.99 Å². The summed E-state index contributed by atoms with van der Waals surface area (Å²) in [7, 11) is 0. The highest BCUT2D eigenvalue weighted by Crippen LogP contribution is 2.18. The Balaban J connectivity index is 2.19. The lowest BCUT2D eigenvalue weighted by Crippen LogP contribution is -2.25. The molecule has 0 aromatic carbocycles. The Morgan fingerprint density at radius 2 is 2.35 bits per heavy atom. The first-order valence-corrected chi connectivity index (χ1v) is 5.74. The van der Waals surface area contributed by atoms with Crippen molar-refractivity contribution in [2.75, 3.05) is 6.54 Å². The van der Waals surface area contributed by atoms with E-state index in [1.807, 2.05) is 19.9 Å². The van der Waals surface area contributed by atoms with Crippen LogP contribution >= 0.6 is 0 Å². The molecule has 5 nitrogen and oxygen atoms in total. The fraction of sp³-hybridized carbons (Fsp3) is 0.417. The van der Waals surface area contributed by atoms with Crippen LogP contribution in [0.5, 0.6) is 0 Å². The van der Waals surface area contributed by atoms with Crippen LogP contribution in [0.25, 0.3) is 0 Å². The number of aliphatic imine (C=N–C) groups is 1. The highest BCUT2D eigenvalue weighted by Gasteiger charge is 2.30. The fourth-order valence-electron chi connectivity index (χ4n) is 1.73. The Kier molecular flexibility index (Phi) is 3.37. The lowest BCUT2D eigenvalue weighted by molar-refractivity contribution is -0.120. The van der Waals surface area contributed by atoms with Gasteiger partial charge in [0, 0.05) is 24.5 Å². The third-order valence-electron chi connectivity index (χ3n) is 2.67. The maximum absolute atomic E-state index is 11.8. The molecule has 2 rings (SSSR count). The number of hydrogen-bond acceptors (Lipinski definition) is 3. The second-order valence-electron chi connectivity index (χ2n) is 4.03. The van der Waals surface area contributed by atoms with Gasteiger partial charge >= 0.3 is 0 Å². The second-order valence-corrected chi connectivity index (χ2v) is 4.03. The summed E-state index contributed by atoms with van der Waals surface area (Å²) >= 11 is 0. The molecule has 2 heterocycles. The summed E-state index contributed by atoms with van der Waals surface area (Å²) in [6, 6.07) is 1.52. The van der Waals surface area contributed by atoms with Crippen molar-refractivity contribution in [3.05, 3.63) is 29.6 Å². The Morgan fingerprint density at radius 1 is 1.53 bits per heavy atom. The number of carbonyl (C=O) groups is 1. The van der Waals surface area contributed by atoms with E-state index in [-0.39, 0.29) is 11.9 Å². The Labute approximate surface area is 100 Å². The van der Waals surface area contributed by atoms with E-state index >= 15 is 0 Å². The number of hydrogen-bond donors (Lipinski definition) is 2. The van der Waals surface area contributed by atoms with Crippen LogP contribution in [0.1, 0.15) is 30.5 Å². The van der Waals surface area contributed by atoms with Gasteiger partial charge in [0.05, 0.1) is 0 Å². The van der Waals surface area contributed by atoms with Crippen molar-refractivity contribution in [2.45, 2.75) is 26.3 Å². The highest BCUT2D eigenvalue weighted by atomic mass is 16.2. The number of carbonyl (C=O) groups excluding carboxylic acids is 1. The molecule has 17 heavy (non-hydrogen) atoms. The lowest BCUT2D eigenvalue weighted by atomic mass is 10.0. The average molecular weight is 232 g/mol. The van der Waals surface area contributed by atoms with Gasteiger partial charge in [-0.25, -0.2) is 0 Å². The number of nitrogens with one attached hydrogen (secondary N) is 2. The van der Waals surface area contributed by atoms with E-state index < -0.39 is 0 Å². The number of aromatic nitrogens is 1. The summed E-state index contributed by atoms with van der Waals surface area (Å²) < 4.78 is 0. The zero-order chi connectivity index (χ0) is 12.3. The maximum atomic E-state index is 11.8. The van der Waals surface area contributed by atoms with Crippen LogP contribution in [0.4, 0.5) is 0 Å². The van der Waals surface area contributed by atoms with Crippen LogP contribution in [0.3, 0.4) is 0 Å². The van der Waals surface area contributed by atoms with Crippen LogP contribution in [-0.2, 0) is 4.79 Å². The van der Waals surface area contributed by atoms with E-state index in [1.165, 1.54) is 0 Å². The van der Waals surface area contributed by atoms with Gasteiger partial charge in [-0.1, -0.05) is 6.92 Å². The molecule has 1 aliphatic rings. The van der Waals surface area contributed by atoms with Crippen molar-refractivity contribution >= 4 is 11.9 Å². The second kappa shape index (κ2) is 4.95. The van der Waals surface area contributed by atoms with Gasteiger partial charge in [-0.2, -0.15) is 0 Å². The summed E-state index contributed by atoms with van der Waals surface area (Å²) in [4.78, 5) is 20.1. The quantitative estimate of drug-likeness (QED) is 0.814. The average Bonchev–Trinajstić information content (AvgIpc) is 2.68. The smallest absolute Gasteiger partial charge is 0.253 e. The van der Waals surface area contributed by atoms with Gasteiger partial charge in [-0.3, -0.25) is 20.1 Å². The first kappa shape index (κ1) is 11.6. The van der Waals surface area contributed by atoms with E-state index in [1.54, 1.807) is 12.4 Å². The molecule has 90 valence electrons. The van der Waals surface area contributed by atoms with Gasteiger partial charge in [-0.05, 0) is 25.0 Å². The minimum Gasteiger partial charge on any atom is -0.340 e. The largest absolute Gasteiger partial charge is 0.340 e. The highest BCUT2D eigenvalue weighted by molar-refractivity contribution is 6.06. The molecule has 1 fully saturated rings. The summed E-state index contributed by atoms with van der Waals surface area (Å²) in [5, 5.41) is 5.82. The number of amides is 1. The predicted molar refractivity (Wildman–Crippen MR) is 65.6 cm³/mol. The first-order chi connectivity index (χ1) is 8.22. The van der Waals surface area contributed by atoms with Gasteiger partial charge in [0.2, 0.25) is 0 Å². The Hall–Kier alpha value is -1.91. The molecule has 1 amide bonds. The molecule has 1 aliphatic heterocycles. The van der Waals surface area contributed by atoms with Crippen molar-refractivity contribution in [3.63, 3.8) is 0 Å². The van der Waals surface area contributed by atoms with Crippen molar-refractivity contribution < 1.29 is 4.79 Å². The maximum Gasteiger partial charge on any atom is 0.253 e. The molecule has 0 saturated carbocycles. The third kappa shape index (κ3) is 2.43. The molecule has 1 aromatic heterocycles. The molecular formula is C12H16N4O. The van der Waals surface area contributed by atoms with Crippen LogP contribution in [-0.4, -0.2) is 23.4 Å². The molecule has 5 heteroatoms. The molecule has 0 bridgehead atoms. The number of pyridine rings is 1. The summed E-state index contributed by atoms with van der Waals surface area (Å²) in [5.74, 6) is 0.487. The molecular weight excluding hydrogens is 216 g/mol. The minimum atomic E-state index is -0.376. The summed E-state index contributed by atoms with van der Waals surface area (Å²) in [5.41, 5.74) is 1.94. The normalized spacial score (nSPS) is 21.4. The fourth-order valence-corrected chi connectivity index (χ4v) is 1.73. The van der Waals surface area contributed by atoms with Crippen molar-refractivity contribution in [3.8, 4) is 0 Å². The molecule has 1 aromatic rings. The molecule has 1 atom stereocenters. The van der Waals surface area contributed by atoms with Crippen molar-refractivity contribution in [1.82, 2.24) is 15.6 Å². The topological polar surface area (TPSA) is 66.4 Å². The van der Waals surface area contributed by atoms with Gasteiger partial charge < -0.3 is 5.32 Å². The summed E-state index contributed by atoms with van der Waals surface area (Å²) in [6.45, 7) is 4.72. The molecule has 0 spiro atoms. The predicted octanol–water partition coefficient (Wildman–Crippen LogP) is 0.917. The van der Waals surface area contributed by atoms with Crippen LogP contribution < -0.4 is 10.6 Å². The van der Waals surface area contributed by atoms with E-state index in [2.05, 4.69) is 20.6 Å². The number of aryl methyl sites for hydroxylation is 1. The van der Waals surface area contributed by atoms with Crippen LogP contribution in [0.15, 0.2) is 23.5 Å². The van der Waals surface area contributed by atoms with E-state index in [0.717, 1.165) is 17.5 Å². The number of rotatable bonds is 3. The van der Waals surface area contributed by atoms with Crippen LogP contribution in [0, 0.1) is 6.92 Å². The van der Waals surface area contributed by atoms with E-state index in [0.29, 0.717) is 12.5 Å². The molecule has 1 unspecified atom stereocenters. The SMILES string of the molecule is CCCN=C1NC(=O)C(c2cnccc2C)N1. The molecule has 1 saturated heterocycles. The third-order valence-corrected chi connectivity index (χ3v) is 2.67. The van der Waals surface area contributed by atoms with Crippen LogP contribution in [0.2, 0.25) is 0 Å².